The zero-order chi connectivity index (χ0) is 14.4. The second-order valence-corrected chi connectivity index (χ2v) is 5.72. The smallest absolute Gasteiger partial charge is 0.240 e. The van der Waals surface area contributed by atoms with Crippen molar-refractivity contribution in [2.24, 2.45) is 0 Å². The maximum Gasteiger partial charge on any atom is 0.240 e. The minimum absolute atomic E-state index is 0.302. The summed E-state index contributed by atoms with van der Waals surface area (Å²) >= 11 is 0. The van der Waals surface area contributed by atoms with E-state index in [-0.39, 0.29) is 0 Å². The van der Waals surface area contributed by atoms with Crippen molar-refractivity contribution in [1.82, 2.24) is 20.4 Å². The number of rotatable bonds is 8. The quantitative estimate of drug-likeness (QED) is 0.777. The summed E-state index contributed by atoms with van der Waals surface area (Å²) in [6.07, 6.45) is 2.51. The second kappa shape index (κ2) is 7.71. The van der Waals surface area contributed by atoms with E-state index in [0.29, 0.717) is 24.4 Å². The number of nitrogens with zero attached hydrogens (tertiary/aromatic N) is 3. The van der Waals surface area contributed by atoms with Crippen LogP contribution in [0.1, 0.15) is 44.3 Å². The van der Waals surface area contributed by atoms with Crippen LogP contribution in [-0.4, -0.2) is 54.4 Å². The number of hydrogen-bond acceptors (Lipinski definition) is 6. The van der Waals surface area contributed by atoms with Crippen molar-refractivity contribution in [3.8, 4) is 0 Å². The van der Waals surface area contributed by atoms with Gasteiger partial charge in [-0.05, 0) is 19.4 Å². The third kappa shape index (κ3) is 4.54. The molecule has 6 nitrogen and oxygen atoms in total. The molecule has 2 heterocycles. The molecule has 0 bridgehead atoms. The summed E-state index contributed by atoms with van der Waals surface area (Å²) < 4.78 is 10.5. The summed E-state index contributed by atoms with van der Waals surface area (Å²) in [5.74, 6) is 1.78. The number of methoxy groups -OCH3 is 1. The van der Waals surface area contributed by atoms with E-state index in [1.165, 1.54) is 12.8 Å². The highest BCUT2D eigenvalue weighted by atomic mass is 16.5. The lowest BCUT2D eigenvalue weighted by molar-refractivity contribution is 0.129. The lowest BCUT2D eigenvalue weighted by atomic mass is 10.2. The molecule has 0 spiro atoms. The fraction of sp³-hybridized carbons (Fsp3) is 0.857. The Morgan fingerprint density at radius 3 is 2.95 bits per heavy atom. The van der Waals surface area contributed by atoms with Gasteiger partial charge in [0.15, 0.2) is 5.82 Å². The fourth-order valence-electron chi connectivity index (χ4n) is 2.44. The van der Waals surface area contributed by atoms with E-state index < -0.39 is 0 Å². The van der Waals surface area contributed by atoms with Crippen molar-refractivity contribution < 1.29 is 9.26 Å². The molecule has 1 aliphatic heterocycles. The van der Waals surface area contributed by atoms with Gasteiger partial charge in [-0.25, -0.2) is 0 Å². The summed E-state index contributed by atoms with van der Waals surface area (Å²) in [6.45, 7) is 8.57. The molecule has 1 N–H and O–H groups in total. The monoisotopic (exact) mass is 282 g/mol. The fourth-order valence-corrected chi connectivity index (χ4v) is 2.44. The van der Waals surface area contributed by atoms with Gasteiger partial charge in [-0.15, -0.1) is 0 Å². The van der Waals surface area contributed by atoms with E-state index in [4.69, 9.17) is 9.26 Å². The summed E-state index contributed by atoms with van der Waals surface area (Å²) in [5, 5.41) is 7.54. The first kappa shape index (κ1) is 15.4. The van der Waals surface area contributed by atoms with Crippen LogP contribution >= 0.6 is 0 Å². The molecule has 114 valence electrons. The van der Waals surface area contributed by atoms with Crippen LogP contribution < -0.4 is 5.32 Å². The van der Waals surface area contributed by atoms with Gasteiger partial charge in [0.1, 0.15) is 0 Å². The average molecular weight is 282 g/mol. The number of ether oxygens (including phenoxy) is 1. The van der Waals surface area contributed by atoms with Gasteiger partial charge >= 0.3 is 0 Å². The zero-order valence-corrected chi connectivity index (χ0v) is 12.8. The van der Waals surface area contributed by atoms with E-state index in [2.05, 4.69) is 34.2 Å². The van der Waals surface area contributed by atoms with Crippen LogP contribution in [0.15, 0.2) is 4.52 Å². The number of aromatic nitrogens is 2. The Bertz CT molecular complexity index is 388. The lowest BCUT2D eigenvalue weighted by Gasteiger charge is -2.23. The van der Waals surface area contributed by atoms with E-state index in [9.17, 15) is 0 Å². The molecule has 1 atom stereocenters. The van der Waals surface area contributed by atoms with Crippen LogP contribution in [0.4, 0.5) is 0 Å². The Labute approximate surface area is 120 Å². The number of hydrogen-bond donors (Lipinski definition) is 1. The summed E-state index contributed by atoms with van der Waals surface area (Å²) in [4.78, 5) is 6.78. The van der Waals surface area contributed by atoms with Gasteiger partial charge in [0.2, 0.25) is 5.89 Å². The van der Waals surface area contributed by atoms with Crippen LogP contribution in [0.3, 0.4) is 0 Å². The van der Waals surface area contributed by atoms with Crippen LogP contribution in [0.2, 0.25) is 0 Å². The van der Waals surface area contributed by atoms with Crippen LogP contribution in [0.25, 0.3) is 0 Å². The van der Waals surface area contributed by atoms with E-state index in [0.717, 1.165) is 32.1 Å². The zero-order valence-electron chi connectivity index (χ0n) is 12.8. The molecule has 1 unspecified atom stereocenters. The Hall–Kier alpha value is -0.980. The third-order valence-corrected chi connectivity index (χ3v) is 3.61. The topological polar surface area (TPSA) is 63.4 Å². The first-order valence-electron chi connectivity index (χ1n) is 7.46. The van der Waals surface area contributed by atoms with Gasteiger partial charge < -0.3 is 14.6 Å². The summed E-state index contributed by atoms with van der Waals surface area (Å²) in [7, 11) is 1.73. The standard InChI is InChI=1S/C14H26N4O2/c1-11(2)14-16-13(20-17-14)10-18(7-8-19-3)9-12-5-4-6-15-12/h11-12,15H,4-10H2,1-3H3. The van der Waals surface area contributed by atoms with E-state index in [1.54, 1.807) is 7.11 Å². The van der Waals surface area contributed by atoms with Gasteiger partial charge in [0.25, 0.3) is 0 Å². The Kier molecular flexibility index (Phi) is 5.94. The van der Waals surface area contributed by atoms with Crippen LogP contribution in [0, 0.1) is 0 Å². The normalized spacial score (nSPS) is 19.4. The maximum atomic E-state index is 5.34. The van der Waals surface area contributed by atoms with Crippen molar-refractivity contribution in [2.75, 3.05) is 33.4 Å². The van der Waals surface area contributed by atoms with E-state index in [1.807, 2.05) is 0 Å². The predicted octanol–water partition coefficient (Wildman–Crippen LogP) is 1.39. The first-order chi connectivity index (χ1) is 9.69. The molecule has 0 saturated carbocycles. The Morgan fingerprint density at radius 1 is 1.50 bits per heavy atom. The molecule has 2 rings (SSSR count). The third-order valence-electron chi connectivity index (χ3n) is 3.61. The van der Waals surface area contributed by atoms with Gasteiger partial charge in [-0.3, -0.25) is 4.90 Å². The molecule has 1 aromatic rings. The maximum absolute atomic E-state index is 5.34. The largest absolute Gasteiger partial charge is 0.383 e. The van der Waals surface area contributed by atoms with Crippen molar-refractivity contribution in [1.29, 1.82) is 0 Å². The highest BCUT2D eigenvalue weighted by Gasteiger charge is 2.20. The van der Waals surface area contributed by atoms with Crippen LogP contribution in [-0.2, 0) is 11.3 Å². The molecule has 0 aliphatic carbocycles. The van der Waals surface area contributed by atoms with Crippen molar-refractivity contribution in [3.63, 3.8) is 0 Å². The molecule has 0 amide bonds. The molecule has 1 fully saturated rings. The highest BCUT2D eigenvalue weighted by Crippen LogP contribution is 2.13. The SMILES string of the molecule is COCCN(Cc1nc(C(C)C)no1)CC1CCCN1. The number of nitrogens with one attached hydrogen (secondary N) is 1. The van der Waals surface area contributed by atoms with Crippen LogP contribution in [0.5, 0.6) is 0 Å². The molecular formula is C14H26N4O2. The minimum Gasteiger partial charge on any atom is -0.383 e. The molecule has 0 aromatic carbocycles. The Morgan fingerprint density at radius 2 is 2.35 bits per heavy atom. The molecule has 1 aromatic heterocycles. The van der Waals surface area contributed by atoms with Crippen molar-refractivity contribution >= 4 is 0 Å². The van der Waals surface area contributed by atoms with Gasteiger partial charge in [0, 0.05) is 32.2 Å². The Balaban J connectivity index is 1.90. The second-order valence-electron chi connectivity index (χ2n) is 5.72. The van der Waals surface area contributed by atoms with Gasteiger partial charge in [-0.2, -0.15) is 4.98 Å². The molecule has 0 radical (unpaired) electrons. The van der Waals surface area contributed by atoms with Crippen molar-refractivity contribution in [3.05, 3.63) is 11.7 Å². The molecule has 6 heteroatoms. The molecule has 20 heavy (non-hydrogen) atoms. The minimum atomic E-state index is 0.302. The first-order valence-corrected chi connectivity index (χ1v) is 7.46. The molecule has 1 saturated heterocycles. The van der Waals surface area contributed by atoms with Gasteiger partial charge in [-0.1, -0.05) is 19.0 Å². The predicted molar refractivity (Wildman–Crippen MR) is 76.6 cm³/mol. The van der Waals surface area contributed by atoms with E-state index >= 15 is 0 Å². The molecular weight excluding hydrogens is 256 g/mol. The van der Waals surface area contributed by atoms with Crippen molar-refractivity contribution in [2.45, 2.75) is 45.2 Å². The summed E-state index contributed by atoms with van der Waals surface area (Å²) in [6, 6.07) is 0.569. The van der Waals surface area contributed by atoms with Gasteiger partial charge in [0.05, 0.1) is 13.2 Å². The highest BCUT2D eigenvalue weighted by molar-refractivity contribution is 4.92. The lowest BCUT2D eigenvalue weighted by Crippen LogP contribution is -2.38. The molecule has 1 aliphatic rings. The summed E-state index contributed by atoms with van der Waals surface area (Å²) in [5.41, 5.74) is 0. The average Bonchev–Trinajstić information content (AvgIpc) is 3.07.